The number of aromatic nitrogens is 1. The van der Waals surface area contributed by atoms with Crippen molar-refractivity contribution in [2.75, 3.05) is 18.0 Å². The summed E-state index contributed by atoms with van der Waals surface area (Å²) in [6.45, 7) is 7.87. The first-order chi connectivity index (χ1) is 16.5. The number of primary amides is 1. The van der Waals surface area contributed by atoms with Gasteiger partial charge in [-0.1, -0.05) is 30.3 Å². The van der Waals surface area contributed by atoms with Crippen LogP contribution in [0.1, 0.15) is 10.5 Å². The molecule has 3 aromatic carbocycles. The molecule has 0 unspecified atom stereocenters. The molecule has 0 fully saturated rings. The molecule has 6 nitrogen and oxygen atoms in total. The average molecular weight is 452 g/mol. The minimum atomic E-state index is -0.641. The number of ether oxygens (including phenoxy) is 1. The summed E-state index contributed by atoms with van der Waals surface area (Å²) in [5.74, 6) is 0.658. The van der Waals surface area contributed by atoms with Crippen LogP contribution in [0.5, 0.6) is 11.5 Å². The zero-order chi connectivity index (χ0) is 23.9. The number of benzene rings is 3. The molecule has 34 heavy (non-hydrogen) atoms. The van der Waals surface area contributed by atoms with Crippen LogP contribution >= 0.6 is 0 Å². The first kappa shape index (κ1) is 22.5. The number of amides is 1. The van der Waals surface area contributed by atoms with Crippen LogP contribution in [-0.4, -0.2) is 24.0 Å². The van der Waals surface area contributed by atoms with Crippen LogP contribution in [-0.2, 0) is 0 Å². The fourth-order valence-corrected chi connectivity index (χ4v) is 3.44. The number of hydrogen-bond acceptors (Lipinski definition) is 4. The van der Waals surface area contributed by atoms with E-state index in [9.17, 15) is 9.18 Å². The number of para-hydroxylation sites is 1. The number of rotatable bonds is 8. The zero-order valence-corrected chi connectivity index (χ0v) is 18.2. The molecule has 0 aliphatic rings. The number of nitrogens with two attached hydrogens (primary N) is 1. The highest BCUT2D eigenvalue weighted by molar-refractivity contribution is 5.93. The molecule has 1 heterocycles. The van der Waals surface area contributed by atoms with Gasteiger partial charge in [-0.3, -0.25) is 4.79 Å². The largest absolute Gasteiger partial charge is 0.457 e. The van der Waals surface area contributed by atoms with Crippen molar-refractivity contribution in [2.24, 2.45) is 5.73 Å². The Balaban J connectivity index is 1.68. The summed E-state index contributed by atoms with van der Waals surface area (Å²) in [4.78, 5) is 21.9. The van der Waals surface area contributed by atoms with Gasteiger partial charge in [-0.2, -0.15) is 0 Å². The fraction of sp³-hybridized carbons (Fsp3) is 0.0741. The van der Waals surface area contributed by atoms with Gasteiger partial charge in [-0.15, -0.1) is 0 Å². The molecule has 0 aliphatic carbocycles. The highest BCUT2D eigenvalue weighted by atomic mass is 19.1. The van der Waals surface area contributed by atoms with Gasteiger partial charge in [-0.05, 0) is 71.8 Å². The molecule has 0 spiro atoms. The number of halogens is 1. The smallest absolute Gasteiger partial charge is 0.267 e. The number of nitrogens with zero attached hydrogens (tertiary/aromatic N) is 3. The molecule has 168 valence electrons. The molecule has 4 aromatic rings. The molecule has 0 aliphatic heterocycles. The lowest BCUT2D eigenvalue weighted by molar-refractivity contribution is 0.0995. The van der Waals surface area contributed by atoms with Crippen molar-refractivity contribution in [3.8, 4) is 22.6 Å². The molecule has 4 rings (SSSR count). The van der Waals surface area contributed by atoms with Crippen LogP contribution in [0.25, 0.3) is 16.0 Å². The van der Waals surface area contributed by atoms with E-state index in [1.165, 1.54) is 12.1 Å². The minimum Gasteiger partial charge on any atom is -0.457 e. The van der Waals surface area contributed by atoms with Gasteiger partial charge in [0.2, 0.25) is 6.54 Å². The Kier molecular flexibility index (Phi) is 6.80. The average Bonchev–Trinajstić information content (AvgIpc) is 2.86. The van der Waals surface area contributed by atoms with Crippen LogP contribution in [0, 0.1) is 12.4 Å². The Bertz CT molecular complexity index is 1320. The van der Waals surface area contributed by atoms with Gasteiger partial charge in [0.15, 0.2) is 0 Å². The summed E-state index contributed by atoms with van der Waals surface area (Å²) in [5, 5.41) is 0. The molecular formula is C27H21FN4O2. The molecule has 0 saturated carbocycles. The summed E-state index contributed by atoms with van der Waals surface area (Å²) < 4.78 is 18.9. The van der Waals surface area contributed by atoms with E-state index in [0.29, 0.717) is 23.9 Å². The molecule has 1 aromatic heterocycles. The van der Waals surface area contributed by atoms with Gasteiger partial charge in [0.05, 0.1) is 6.54 Å². The third-order valence-electron chi connectivity index (χ3n) is 5.08. The van der Waals surface area contributed by atoms with Crippen LogP contribution in [0.15, 0.2) is 91.0 Å². The van der Waals surface area contributed by atoms with E-state index in [-0.39, 0.29) is 18.1 Å². The summed E-state index contributed by atoms with van der Waals surface area (Å²) >= 11 is 0. The molecule has 2 N–H and O–H groups in total. The Morgan fingerprint density at radius 1 is 0.941 bits per heavy atom. The van der Waals surface area contributed by atoms with Gasteiger partial charge in [0.1, 0.15) is 28.8 Å². The van der Waals surface area contributed by atoms with Gasteiger partial charge >= 0.3 is 0 Å². The van der Waals surface area contributed by atoms with Crippen molar-refractivity contribution in [1.29, 1.82) is 0 Å². The van der Waals surface area contributed by atoms with Crippen LogP contribution in [0.3, 0.4) is 0 Å². The first-order valence-corrected chi connectivity index (χ1v) is 10.5. The number of anilines is 2. The number of carbonyl (C=O) groups excluding carboxylic acids is 1. The van der Waals surface area contributed by atoms with E-state index in [1.807, 2.05) is 53.4 Å². The minimum absolute atomic E-state index is 0.128. The topological polar surface area (TPSA) is 72.8 Å². The predicted molar refractivity (Wildman–Crippen MR) is 130 cm³/mol. The summed E-state index contributed by atoms with van der Waals surface area (Å²) in [5.41, 5.74) is 8.13. The Morgan fingerprint density at radius 3 is 2.21 bits per heavy atom. The number of pyridine rings is 1. The third-order valence-corrected chi connectivity index (χ3v) is 5.08. The van der Waals surface area contributed by atoms with Crippen molar-refractivity contribution in [1.82, 2.24) is 4.98 Å². The highest BCUT2D eigenvalue weighted by Crippen LogP contribution is 2.31. The van der Waals surface area contributed by atoms with Crippen LogP contribution in [0.2, 0.25) is 0 Å². The Morgan fingerprint density at radius 2 is 1.59 bits per heavy atom. The maximum atomic E-state index is 13.1. The second kappa shape index (κ2) is 10.3. The number of carbonyl (C=O) groups is 1. The second-order valence-corrected chi connectivity index (χ2v) is 7.41. The van der Waals surface area contributed by atoms with E-state index in [1.54, 1.807) is 30.3 Å². The molecule has 7 heteroatoms. The third kappa shape index (κ3) is 5.37. The zero-order valence-electron chi connectivity index (χ0n) is 18.2. The van der Waals surface area contributed by atoms with Crippen molar-refractivity contribution in [3.05, 3.63) is 114 Å². The summed E-state index contributed by atoms with van der Waals surface area (Å²) in [6.07, 6.45) is 0. The lowest BCUT2D eigenvalue weighted by Crippen LogP contribution is -2.23. The maximum Gasteiger partial charge on any atom is 0.267 e. The van der Waals surface area contributed by atoms with Crippen molar-refractivity contribution in [3.63, 3.8) is 0 Å². The van der Waals surface area contributed by atoms with Crippen molar-refractivity contribution < 1.29 is 13.9 Å². The molecule has 1 amide bonds. The van der Waals surface area contributed by atoms with E-state index in [4.69, 9.17) is 17.0 Å². The summed E-state index contributed by atoms with van der Waals surface area (Å²) in [6, 6.07) is 26.1. The van der Waals surface area contributed by atoms with Crippen LogP contribution in [0.4, 0.5) is 15.9 Å². The standard InChI is InChI=1S/C27H21FN4O2/c1-30-15-16-32(22-5-3-2-4-6-22)26-18-20(17-25(31-26)27(29)33)19-7-11-23(12-8-19)34-24-13-9-21(28)10-14-24/h2-14,17-18H,15-16H2,(H2,29,33). The molecule has 0 bridgehead atoms. The molecular weight excluding hydrogens is 431 g/mol. The van der Waals surface area contributed by atoms with Crippen molar-refractivity contribution in [2.45, 2.75) is 0 Å². The predicted octanol–water partition coefficient (Wildman–Crippen LogP) is 5.84. The highest BCUT2D eigenvalue weighted by Gasteiger charge is 2.16. The van der Waals surface area contributed by atoms with E-state index in [0.717, 1.165) is 16.8 Å². The maximum absolute atomic E-state index is 13.1. The van der Waals surface area contributed by atoms with Gasteiger partial charge in [-0.25, -0.2) is 15.9 Å². The summed E-state index contributed by atoms with van der Waals surface area (Å²) in [7, 11) is 0. The van der Waals surface area contributed by atoms with Crippen molar-refractivity contribution >= 4 is 17.4 Å². The quantitative estimate of drug-likeness (QED) is 0.341. The fourth-order valence-electron chi connectivity index (χ4n) is 3.44. The van der Waals surface area contributed by atoms with E-state index < -0.39 is 5.91 Å². The number of hydrogen-bond donors (Lipinski definition) is 1. The monoisotopic (exact) mass is 452 g/mol. The van der Waals surface area contributed by atoms with Gasteiger partial charge in [0, 0.05) is 5.69 Å². The first-order valence-electron chi connectivity index (χ1n) is 10.5. The van der Waals surface area contributed by atoms with Gasteiger partial charge in [0.25, 0.3) is 5.91 Å². The van der Waals surface area contributed by atoms with E-state index >= 15 is 0 Å². The van der Waals surface area contributed by atoms with E-state index in [2.05, 4.69) is 9.83 Å². The van der Waals surface area contributed by atoms with Crippen LogP contribution < -0.4 is 15.4 Å². The molecule has 0 saturated heterocycles. The SMILES string of the molecule is [C-]#[N+]CCN(c1ccccc1)c1cc(-c2ccc(Oc3ccc(F)cc3)cc2)cc(C(N)=O)n1. The lowest BCUT2D eigenvalue weighted by Gasteiger charge is -2.23. The lowest BCUT2D eigenvalue weighted by atomic mass is 10.0. The Hall–Kier alpha value is -4.70. The molecule has 0 radical (unpaired) electrons. The molecule has 0 atom stereocenters. The Labute approximate surface area is 196 Å². The normalized spacial score (nSPS) is 10.4. The van der Waals surface area contributed by atoms with Gasteiger partial charge < -0.3 is 20.2 Å². The second-order valence-electron chi connectivity index (χ2n) is 7.41.